The van der Waals surface area contributed by atoms with Gasteiger partial charge in [0.25, 0.3) is 0 Å². The topological polar surface area (TPSA) is 111 Å². The van der Waals surface area contributed by atoms with Crippen LogP contribution in [-0.2, 0) is 19.4 Å². The monoisotopic (exact) mass is 520 g/mol. The van der Waals surface area contributed by atoms with Gasteiger partial charge in [0, 0.05) is 25.5 Å². The molecule has 2 aliphatic heterocycles. The van der Waals surface area contributed by atoms with Gasteiger partial charge in [0.05, 0.1) is 41.4 Å². The van der Waals surface area contributed by atoms with Crippen LogP contribution in [0, 0.1) is 18.2 Å². The minimum Gasteiger partial charge on any atom is -0.474 e. The number of piperidine rings is 1. The fourth-order valence-corrected chi connectivity index (χ4v) is 5.34. The summed E-state index contributed by atoms with van der Waals surface area (Å²) in [5.41, 5.74) is 0.593. The second-order valence-corrected chi connectivity index (χ2v) is 12.8. The molecule has 2 saturated heterocycles. The third-order valence-corrected chi connectivity index (χ3v) is 7.49. The number of benzene rings is 1. The standard InChI is InChI=1S/C25H33FN4O5S/c1-15-23(29-21-7-6-19(10-20(21)26)36(5,32)33)27-14-28-24(15)35-18-8-16-12-34-13-17(9-18)30(16)22(31)11-25(2,3)4/h6-7,10,14,16-18H,8-9,11-13H2,1-5H3,(H,27,28,29). The van der Waals surface area contributed by atoms with Gasteiger partial charge in [-0.1, -0.05) is 20.8 Å². The van der Waals surface area contributed by atoms with Crippen molar-refractivity contribution in [3.8, 4) is 5.88 Å². The van der Waals surface area contributed by atoms with Crippen LogP contribution >= 0.6 is 0 Å². The zero-order chi connectivity index (χ0) is 26.3. The van der Waals surface area contributed by atoms with Gasteiger partial charge in [-0.05, 0) is 30.5 Å². The average molecular weight is 521 g/mol. The van der Waals surface area contributed by atoms with Gasteiger partial charge in [-0.25, -0.2) is 22.8 Å². The molecule has 1 aromatic heterocycles. The van der Waals surface area contributed by atoms with Crippen molar-refractivity contribution in [1.82, 2.24) is 14.9 Å². The Morgan fingerprint density at radius 1 is 1.22 bits per heavy atom. The Kier molecular flexibility index (Phi) is 7.25. The van der Waals surface area contributed by atoms with Crippen molar-refractivity contribution >= 4 is 27.2 Å². The average Bonchev–Trinajstić information content (AvgIpc) is 2.75. The number of carbonyl (C=O) groups is 1. The molecule has 2 aromatic rings. The Morgan fingerprint density at radius 3 is 2.47 bits per heavy atom. The van der Waals surface area contributed by atoms with Gasteiger partial charge in [-0.3, -0.25) is 4.79 Å². The third kappa shape index (κ3) is 5.95. The lowest BCUT2D eigenvalue weighted by Gasteiger charge is -2.48. The van der Waals surface area contributed by atoms with Crippen LogP contribution < -0.4 is 10.1 Å². The highest BCUT2D eigenvalue weighted by Crippen LogP contribution is 2.34. The van der Waals surface area contributed by atoms with E-state index in [-0.39, 0.29) is 40.1 Å². The summed E-state index contributed by atoms with van der Waals surface area (Å²) in [5.74, 6) is 0.165. The Labute approximate surface area is 211 Å². The van der Waals surface area contributed by atoms with Crippen molar-refractivity contribution in [1.29, 1.82) is 0 Å². The number of rotatable bonds is 6. The number of hydrogen-bond acceptors (Lipinski definition) is 8. The minimum atomic E-state index is -3.52. The zero-order valence-corrected chi connectivity index (χ0v) is 22.1. The lowest BCUT2D eigenvalue weighted by Crippen LogP contribution is -2.61. The highest BCUT2D eigenvalue weighted by atomic mass is 32.2. The van der Waals surface area contributed by atoms with Crippen LogP contribution in [0.3, 0.4) is 0 Å². The lowest BCUT2D eigenvalue weighted by molar-refractivity contribution is -0.157. The van der Waals surface area contributed by atoms with E-state index in [1.807, 2.05) is 4.90 Å². The van der Waals surface area contributed by atoms with Gasteiger partial charge in [0.2, 0.25) is 11.8 Å². The molecule has 3 heterocycles. The summed E-state index contributed by atoms with van der Waals surface area (Å²) >= 11 is 0. The molecule has 4 rings (SSSR count). The van der Waals surface area contributed by atoms with Crippen molar-refractivity contribution in [2.45, 2.75) is 70.0 Å². The van der Waals surface area contributed by atoms with Crippen molar-refractivity contribution in [3.63, 3.8) is 0 Å². The van der Waals surface area contributed by atoms with E-state index in [1.165, 1.54) is 18.5 Å². The highest BCUT2D eigenvalue weighted by Gasteiger charge is 2.43. The van der Waals surface area contributed by atoms with Crippen molar-refractivity contribution in [3.05, 3.63) is 35.9 Å². The number of nitrogens with one attached hydrogen (secondary N) is 1. The molecule has 196 valence electrons. The van der Waals surface area contributed by atoms with Crippen LogP contribution in [0.1, 0.15) is 45.6 Å². The van der Waals surface area contributed by atoms with E-state index >= 15 is 0 Å². The molecule has 1 aromatic carbocycles. The fraction of sp³-hybridized carbons (Fsp3) is 0.560. The molecule has 2 fully saturated rings. The van der Waals surface area contributed by atoms with Crippen molar-refractivity contribution < 1.29 is 27.1 Å². The molecular formula is C25H33FN4O5S. The van der Waals surface area contributed by atoms with Gasteiger partial charge >= 0.3 is 0 Å². The summed E-state index contributed by atoms with van der Waals surface area (Å²) in [5, 5.41) is 2.91. The van der Waals surface area contributed by atoms with Crippen LogP contribution in [0.15, 0.2) is 29.4 Å². The Balaban J connectivity index is 1.48. The molecule has 1 amide bonds. The largest absolute Gasteiger partial charge is 0.474 e. The van der Waals surface area contributed by atoms with Crippen LogP contribution in [0.5, 0.6) is 5.88 Å². The second-order valence-electron chi connectivity index (χ2n) is 10.8. The Hall–Kier alpha value is -2.79. The Morgan fingerprint density at radius 2 is 1.89 bits per heavy atom. The first kappa shape index (κ1) is 26.3. The number of anilines is 2. The normalized spacial score (nSPS) is 22.3. The SMILES string of the molecule is Cc1c(Nc2ccc(S(C)(=O)=O)cc2F)ncnc1OC1CC2COCC(C1)N2C(=O)CC(C)(C)C. The number of halogens is 1. The van der Waals surface area contributed by atoms with Crippen molar-refractivity contribution in [2.75, 3.05) is 24.8 Å². The highest BCUT2D eigenvalue weighted by molar-refractivity contribution is 7.90. The molecule has 0 spiro atoms. The van der Waals surface area contributed by atoms with Gasteiger partial charge in [0.15, 0.2) is 9.84 Å². The maximum Gasteiger partial charge on any atom is 0.223 e. The van der Waals surface area contributed by atoms with E-state index in [0.717, 1.165) is 12.3 Å². The summed E-state index contributed by atoms with van der Waals surface area (Å²) in [6, 6.07) is 3.56. The molecule has 2 atom stereocenters. The van der Waals surface area contributed by atoms with E-state index in [4.69, 9.17) is 9.47 Å². The maximum absolute atomic E-state index is 14.6. The first-order valence-electron chi connectivity index (χ1n) is 12.0. The number of carbonyl (C=O) groups excluding carboxylic acids is 1. The van der Waals surface area contributed by atoms with Crippen LogP contribution in [0.25, 0.3) is 0 Å². The van der Waals surface area contributed by atoms with Gasteiger partial charge in [-0.15, -0.1) is 0 Å². The molecule has 1 N–H and O–H groups in total. The maximum atomic E-state index is 14.6. The molecule has 2 bridgehead atoms. The molecule has 11 heteroatoms. The smallest absolute Gasteiger partial charge is 0.223 e. The zero-order valence-electron chi connectivity index (χ0n) is 21.2. The lowest BCUT2D eigenvalue weighted by atomic mass is 9.87. The molecule has 0 radical (unpaired) electrons. The number of ether oxygens (including phenoxy) is 2. The first-order chi connectivity index (χ1) is 16.8. The van der Waals surface area contributed by atoms with Gasteiger partial charge in [-0.2, -0.15) is 0 Å². The number of hydrogen-bond donors (Lipinski definition) is 1. The number of fused-ring (bicyclic) bond motifs is 2. The number of aromatic nitrogens is 2. The second kappa shape index (κ2) is 9.93. The molecule has 0 saturated carbocycles. The van der Waals surface area contributed by atoms with E-state index in [1.54, 1.807) is 6.92 Å². The minimum absolute atomic E-state index is 0.0560. The summed E-state index contributed by atoms with van der Waals surface area (Å²) in [4.78, 5) is 23.4. The quantitative estimate of drug-likeness (QED) is 0.615. The number of sulfone groups is 1. The molecule has 36 heavy (non-hydrogen) atoms. The third-order valence-electron chi connectivity index (χ3n) is 6.38. The fourth-order valence-electron chi connectivity index (χ4n) is 4.71. The summed E-state index contributed by atoms with van der Waals surface area (Å²) < 4.78 is 49.9. The summed E-state index contributed by atoms with van der Waals surface area (Å²) in [7, 11) is -3.52. The van der Waals surface area contributed by atoms with E-state index in [0.29, 0.717) is 49.7 Å². The first-order valence-corrected chi connectivity index (χ1v) is 13.8. The van der Waals surface area contributed by atoms with Gasteiger partial charge < -0.3 is 19.7 Å². The van der Waals surface area contributed by atoms with Gasteiger partial charge in [0.1, 0.15) is 24.1 Å². The van der Waals surface area contributed by atoms with Crippen LogP contribution in [0.4, 0.5) is 15.9 Å². The molecule has 2 unspecified atom stereocenters. The predicted octanol–water partition coefficient (Wildman–Crippen LogP) is 3.64. The Bertz CT molecular complexity index is 1230. The molecule has 2 aliphatic rings. The van der Waals surface area contributed by atoms with Crippen molar-refractivity contribution in [2.24, 2.45) is 5.41 Å². The van der Waals surface area contributed by atoms with E-state index < -0.39 is 15.7 Å². The number of morpholine rings is 1. The molecule has 9 nitrogen and oxygen atoms in total. The molecular weight excluding hydrogens is 487 g/mol. The molecule has 0 aliphatic carbocycles. The van der Waals surface area contributed by atoms with E-state index in [2.05, 4.69) is 36.1 Å². The summed E-state index contributed by atoms with van der Waals surface area (Å²) in [6.45, 7) is 8.90. The number of amides is 1. The van der Waals surface area contributed by atoms with Crippen LogP contribution in [-0.4, -0.2) is 66.9 Å². The summed E-state index contributed by atoms with van der Waals surface area (Å²) in [6.07, 6.45) is 3.93. The predicted molar refractivity (Wildman–Crippen MR) is 133 cm³/mol. The van der Waals surface area contributed by atoms with E-state index in [9.17, 15) is 17.6 Å². The number of nitrogens with zero attached hydrogens (tertiary/aromatic N) is 3. The van der Waals surface area contributed by atoms with Crippen LogP contribution in [0.2, 0.25) is 0 Å².